The van der Waals surface area contributed by atoms with Gasteiger partial charge in [0.15, 0.2) is 0 Å². The van der Waals surface area contributed by atoms with E-state index in [1.165, 1.54) is 29.1 Å². The van der Waals surface area contributed by atoms with Crippen LogP contribution < -0.4 is 4.74 Å². The summed E-state index contributed by atoms with van der Waals surface area (Å²) in [6.45, 7) is 1.07. The second-order valence-corrected chi connectivity index (χ2v) is 7.49. The Morgan fingerprint density at radius 1 is 1.46 bits per heavy atom. The normalized spacial score (nSPS) is 21.3. The Hall–Kier alpha value is -1.45. The summed E-state index contributed by atoms with van der Waals surface area (Å²) in [6.07, 6.45) is 4.38. The van der Waals surface area contributed by atoms with Gasteiger partial charge in [0.2, 0.25) is 11.8 Å². The molecule has 0 saturated carbocycles. The zero-order chi connectivity index (χ0) is 17.1. The number of halogens is 1. The van der Waals surface area contributed by atoms with Gasteiger partial charge >= 0.3 is 6.01 Å². The summed E-state index contributed by atoms with van der Waals surface area (Å²) in [5.74, 6) is 0.0717. The van der Waals surface area contributed by atoms with E-state index in [1.54, 1.807) is 4.90 Å². The van der Waals surface area contributed by atoms with Gasteiger partial charge in [0.05, 0.1) is 29.7 Å². The highest BCUT2D eigenvalue weighted by Crippen LogP contribution is 2.20. The number of hydrogen-bond acceptors (Lipinski definition) is 7. The number of ether oxygens (including phenoxy) is 1. The van der Waals surface area contributed by atoms with Gasteiger partial charge in [-0.2, -0.15) is 0 Å². The summed E-state index contributed by atoms with van der Waals surface area (Å²) in [5, 5.41) is 0.437. The third-order valence-electron chi connectivity index (χ3n) is 3.73. The lowest BCUT2D eigenvalue weighted by molar-refractivity contribution is -0.138. The molecule has 2 aliphatic heterocycles. The number of likely N-dealkylation sites (tertiary alicyclic amines) is 1. The van der Waals surface area contributed by atoms with Crippen LogP contribution in [-0.4, -0.2) is 67.4 Å². The van der Waals surface area contributed by atoms with Crippen molar-refractivity contribution in [2.24, 2.45) is 0 Å². The van der Waals surface area contributed by atoms with E-state index in [1.807, 2.05) is 0 Å². The van der Waals surface area contributed by atoms with Crippen LogP contribution in [0.3, 0.4) is 0 Å². The minimum absolute atomic E-state index is 0.00513. The highest BCUT2D eigenvalue weighted by Gasteiger charge is 2.32. The van der Waals surface area contributed by atoms with E-state index in [9.17, 15) is 9.59 Å². The molecule has 3 rings (SSSR count). The van der Waals surface area contributed by atoms with Crippen molar-refractivity contribution >= 4 is 51.7 Å². The van der Waals surface area contributed by atoms with Crippen LogP contribution in [0.15, 0.2) is 12.4 Å². The number of amides is 2. The van der Waals surface area contributed by atoms with E-state index in [-0.39, 0.29) is 30.5 Å². The monoisotopic (exact) mass is 386 g/mol. The number of thiocarbonyl (C=S) groups is 1. The van der Waals surface area contributed by atoms with Crippen molar-refractivity contribution < 1.29 is 14.3 Å². The molecule has 2 amide bonds. The first kappa shape index (κ1) is 17.4. The number of carbonyl (C=O) groups excluding carboxylic acids is 2. The fourth-order valence-corrected chi connectivity index (χ4v) is 3.71. The molecule has 1 aromatic heterocycles. The molecule has 1 aromatic rings. The topological polar surface area (TPSA) is 75.6 Å². The van der Waals surface area contributed by atoms with Gasteiger partial charge < -0.3 is 9.64 Å². The van der Waals surface area contributed by atoms with Crippen LogP contribution in [0, 0.1) is 0 Å². The standard InChI is InChI=1S/C14H15ClN4O3S2/c15-9-4-16-13(17-5-9)22-10-2-1-3-18(6-10)11(20)7-19-12(21)8-24-14(19)23/h4-5,10H,1-3,6-8H2/t10-/m0/s1. The molecule has 24 heavy (non-hydrogen) atoms. The lowest BCUT2D eigenvalue weighted by Gasteiger charge is -2.33. The van der Waals surface area contributed by atoms with Crippen molar-refractivity contribution in [2.45, 2.75) is 18.9 Å². The summed E-state index contributed by atoms with van der Waals surface area (Å²) in [4.78, 5) is 35.3. The van der Waals surface area contributed by atoms with Gasteiger partial charge in [0.25, 0.3) is 0 Å². The molecule has 0 aliphatic carbocycles. The van der Waals surface area contributed by atoms with E-state index < -0.39 is 0 Å². The quantitative estimate of drug-likeness (QED) is 0.723. The van der Waals surface area contributed by atoms with Crippen molar-refractivity contribution in [3.8, 4) is 6.01 Å². The minimum atomic E-state index is -0.181. The van der Waals surface area contributed by atoms with Gasteiger partial charge in [-0.1, -0.05) is 35.6 Å². The predicted molar refractivity (Wildman–Crippen MR) is 94.0 cm³/mol. The van der Waals surface area contributed by atoms with Gasteiger partial charge in [0.1, 0.15) is 17.0 Å². The van der Waals surface area contributed by atoms with Crippen LogP contribution in [0.2, 0.25) is 5.02 Å². The molecule has 10 heteroatoms. The average molecular weight is 387 g/mol. The number of thioether (sulfide) groups is 1. The first-order valence-electron chi connectivity index (χ1n) is 7.42. The van der Waals surface area contributed by atoms with Crippen LogP contribution >= 0.6 is 35.6 Å². The SMILES string of the molecule is O=C(CN1C(=O)CSC1=S)N1CCC[C@H](Oc2ncc(Cl)cn2)C1. The summed E-state index contributed by atoms with van der Waals surface area (Å²) in [6, 6.07) is 0.242. The summed E-state index contributed by atoms with van der Waals surface area (Å²) in [7, 11) is 0. The lowest BCUT2D eigenvalue weighted by atomic mass is 10.1. The van der Waals surface area contributed by atoms with Crippen LogP contribution in [0.4, 0.5) is 0 Å². The van der Waals surface area contributed by atoms with Gasteiger partial charge in [0, 0.05) is 6.54 Å². The summed E-state index contributed by atoms with van der Waals surface area (Å²) < 4.78 is 6.18. The third kappa shape index (κ3) is 4.14. The second kappa shape index (κ2) is 7.62. The van der Waals surface area contributed by atoms with E-state index in [4.69, 9.17) is 28.6 Å². The molecule has 2 fully saturated rings. The molecule has 0 radical (unpaired) electrons. The highest BCUT2D eigenvalue weighted by molar-refractivity contribution is 8.23. The van der Waals surface area contributed by atoms with Crippen LogP contribution in [0.1, 0.15) is 12.8 Å². The Morgan fingerprint density at radius 3 is 2.88 bits per heavy atom. The first-order chi connectivity index (χ1) is 11.5. The van der Waals surface area contributed by atoms with E-state index in [0.717, 1.165) is 12.8 Å². The van der Waals surface area contributed by atoms with Crippen molar-refractivity contribution in [1.29, 1.82) is 0 Å². The number of hydrogen-bond donors (Lipinski definition) is 0. The molecule has 1 atom stereocenters. The highest BCUT2D eigenvalue weighted by atomic mass is 35.5. The van der Waals surface area contributed by atoms with Gasteiger partial charge in [-0.3, -0.25) is 14.5 Å². The van der Waals surface area contributed by atoms with Crippen LogP contribution in [-0.2, 0) is 9.59 Å². The first-order valence-corrected chi connectivity index (χ1v) is 9.19. The smallest absolute Gasteiger partial charge is 0.316 e. The largest absolute Gasteiger partial charge is 0.458 e. The van der Waals surface area contributed by atoms with Crippen molar-refractivity contribution in [3.05, 3.63) is 17.4 Å². The predicted octanol–water partition coefficient (Wildman–Crippen LogP) is 1.36. The lowest BCUT2D eigenvalue weighted by Crippen LogP contribution is -2.48. The average Bonchev–Trinajstić information content (AvgIpc) is 2.89. The molecule has 7 nitrogen and oxygen atoms in total. The molecular weight excluding hydrogens is 372 g/mol. The fraction of sp³-hybridized carbons (Fsp3) is 0.500. The molecule has 0 N–H and O–H groups in total. The van der Waals surface area contributed by atoms with Crippen molar-refractivity contribution in [1.82, 2.24) is 19.8 Å². The molecule has 2 saturated heterocycles. The Bertz CT molecular complexity index is 642. The molecule has 0 bridgehead atoms. The number of aromatic nitrogens is 2. The number of nitrogens with zero attached hydrogens (tertiary/aromatic N) is 4. The Balaban J connectivity index is 1.56. The van der Waals surface area contributed by atoms with E-state index in [0.29, 0.717) is 28.2 Å². The van der Waals surface area contributed by atoms with E-state index >= 15 is 0 Å². The van der Waals surface area contributed by atoms with E-state index in [2.05, 4.69) is 9.97 Å². The van der Waals surface area contributed by atoms with Gasteiger partial charge in [-0.25, -0.2) is 9.97 Å². The molecular formula is C14H15ClN4O3S2. The Kier molecular flexibility index (Phi) is 5.52. The summed E-state index contributed by atoms with van der Waals surface area (Å²) >= 11 is 12.1. The fourth-order valence-electron chi connectivity index (χ4n) is 2.54. The van der Waals surface area contributed by atoms with Crippen LogP contribution in [0.25, 0.3) is 0 Å². The maximum atomic E-state index is 12.4. The Morgan fingerprint density at radius 2 is 2.21 bits per heavy atom. The minimum Gasteiger partial charge on any atom is -0.458 e. The number of rotatable bonds is 4. The molecule has 3 heterocycles. The second-order valence-electron chi connectivity index (χ2n) is 5.44. The zero-order valence-corrected chi connectivity index (χ0v) is 15.1. The van der Waals surface area contributed by atoms with Gasteiger partial charge in [-0.05, 0) is 12.8 Å². The molecule has 2 aliphatic rings. The number of carbonyl (C=O) groups is 2. The van der Waals surface area contributed by atoms with Crippen LogP contribution in [0.5, 0.6) is 6.01 Å². The molecule has 0 aromatic carbocycles. The van der Waals surface area contributed by atoms with Gasteiger partial charge in [-0.15, -0.1) is 0 Å². The molecule has 0 unspecified atom stereocenters. The third-order valence-corrected chi connectivity index (χ3v) is 5.36. The van der Waals surface area contributed by atoms with Crippen molar-refractivity contribution in [2.75, 3.05) is 25.4 Å². The Labute approximate surface area is 153 Å². The molecule has 128 valence electrons. The zero-order valence-electron chi connectivity index (χ0n) is 12.7. The maximum Gasteiger partial charge on any atom is 0.316 e. The summed E-state index contributed by atoms with van der Waals surface area (Å²) in [5.41, 5.74) is 0. The molecule has 0 spiro atoms. The van der Waals surface area contributed by atoms with Crippen molar-refractivity contribution in [3.63, 3.8) is 0 Å². The maximum absolute atomic E-state index is 12.4. The number of piperidine rings is 1.